The van der Waals surface area contributed by atoms with E-state index in [0.29, 0.717) is 56.3 Å². The lowest BCUT2D eigenvalue weighted by atomic mass is 10.1. The Morgan fingerprint density at radius 2 is 1.68 bits per heavy atom. The second kappa shape index (κ2) is 10.1. The zero-order valence-corrected chi connectivity index (χ0v) is 19.5. The van der Waals surface area contributed by atoms with E-state index in [0.717, 1.165) is 5.69 Å². The standard InChI is InChI=1S/C25H29FN4O4/c1-3-27(4-2)25(33)18-5-10-22-21(15-18)30(24(32)17-34-22)16-23(31)29-13-11-28(12-14-29)20-8-6-19(26)7-9-20/h5-10,15H,3-4,11-14,16-17H2,1-2H3. The lowest BCUT2D eigenvalue weighted by Crippen LogP contribution is -2.53. The molecule has 1 saturated heterocycles. The maximum Gasteiger partial charge on any atom is 0.265 e. The Labute approximate surface area is 198 Å². The Morgan fingerprint density at radius 3 is 2.32 bits per heavy atom. The summed E-state index contributed by atoms with van der Waals surface area (Å²) in [7, 11) is 0. The smallest absolute Gasteiger partial charge is 0.265 e. The number of fused-ring (bicyclic) bond motifs is 1. The largest absolute Gasteiger partial charge is 0.482 e. The minimum Gasteiger partial charge on any atom is -0.482 e. The van der Waals surface area contributed by atoms with Gasteiger partial charge in [-0.25, -0.2) is 4.39 Å². The van der Waals surface area contributed by atoms with Crippen LogP contribution in [0.4, 0.5) is 15.8 Å². The number of nitrogens with zero attached hydrogens (tertiary/aromatic N) is 4. The molecule has 2 aliphatic heterocycles. The number of hydrogen-bond acceptors (Lipinski definition) is 5. The molecule has 2 aromatic rings. The Bertz CT molecular complexity index is 1060. The molecule has 1 fully saturated rings. The Morgan fingerprint density at radius 1 is 1.00 bits per heavy atom. The summed E-state index contributed by atoms with van der Waals surface area (Å²) in [6.45, 7) is 6.95. The molecule has 180 valence electrons. The highest BCUT2D eigenvalue weighted by Crippen LogP contribution is 2.33. The molecule has 34 heavy (non-hydrogen) atoms. The minimum absolute atomic E-state index is 0.116. The van der Waals surface area contributed by atoms with E-state index in [4.69, 9.17) is 4.74 Å². The second-order valence-electron chi connectivity index (χ2n) is 8.27. The van der Waals surface area contributed by atoms with Crippen molar-refractivity contribution >= 4 is 29.1 Å². The fourth-order valence-electron chi connectivity index (χ4n) is 4.30. The number of hydrogen-bond donors (Lipinski definition) is 0. The lowest BCUT2D eigenvalue weighted by Gasteiger charge is -2.37. The van der Waals surface area contributed by atoms with Gasteiger partial charge < -0.3 is 19.4 Å². The van der Waals surface area contributed by atoms with Gasteiger partial charge in [0.15, 0.2) is 6.61 Å². The zero-order valence-electron chi connectivity index (χ0n) is 19.5. The third-order valence-electron chi connectivity index (χ3n) is 6.32. The van der Waals surface area contributed by atoms with Gasteiger partial charge in [0.1, 0.15) is 18.1 Å². The first-order chi connectivity index (χ1) is 16.4. The Balaban J connectivity index is 1.45. The van der Waals surface area contributed by atoms with Crippen LogP contribution < -0.4 is 14.5 Å². The van der Waals surface area contributed by atoms with E-state index in [9.17, 15) is 18.8 Å². The van der Waals surface area contributed by atoms with Gasteiger partial charge in [-0.1, -0.05) is 0 Å². The fraction of sp³-hybridized carbons (Fsp3) is 0.400. The van der Waals surface area contributed by atoms with Gasteiger partial charge in [0.2, 0.25) is 5.91 Å². The van der Waals surface area contributed by atoms with Crippen LogP contribution in [0.5, 0.6) is 5.75 Å². The molecule has 0 aromatic heterocycles. The molecule has 4 rings (SSSR count). The summed E-state index contributed by atoms with van der Waals surface area (Å²) < 4.78 is 18.7. The Hall–Kier alpha value is -3.62. The first kappa shape index (κ1) is 23.5. The van der Waals surface area contributed by atoms with Crippen LogP contribution in [0.3, 0.4) is 0 Å². The Kier molecular flexibility index (Phi) is 7.00. The number of piperazine rings is 1. The molecular formula is C25H29FN4O4. The molecule has 0 bridgehead atoms. The molecule has 2 aromatic carbocycles. The molecule has 0 N–H and O–H groups in total. The molecule has 2 heterocycles. The fourth-order valence-corrected chi connectivity index (χ4v) is 4.30. The summed E-state index contributed by atoms with van der Waals surface area (Å²) in [6.07, 6.45) is 0. The predicted octanol–water partition coefficient (Wildman–Crippen LogP) is 2.38. The molecule has 2 aliphatic rings. The highest BCUT2D eigenvalue weighted by Gasteiger charge is 2.31. The van der Waals surface area contributed by atoms with Crippen LogP contribution in [0, 0.1) is 5.82 Å². The number of anilines is 2. The molecule has 0 unspecified atom stereocenters. The van der Waals surface area contributed by atoms with Crippen LogP contribution in [0.1, 0.15) is 24.2 Å². The van der Waals surface area contributed by atoms with E-state index in [1.165, 1.54) is 17.0 Å². The summed E-state index contributed by atoms with van der Waals surface area (Å²) in [5, 5.41) is 0. The van der Waals surface area contributed by atoms with Gasteiger partial charge in [-0.15, -0.1) is 0 Å². The van der Waals surface area contributed by atoms with Crippen LogP contribution in [0.15, 0.2) is 42.5 Å². The van der Waals surface area contributed by atoms with E-state index in [-0.39, 0.29) is 36.7 Å². The van der Waals surface area contributed by atoms with Gasteiger partial charge in [0, 0.05) is 50.5 Å². The minimum atomic E-state index is -0.321. The zero-order chi connectivity index (χ0) is 24.2. The normalized spacial score (nSPS) is 15.6. The SMILES string of the molecule is CCN(CC)C(=O)c1ccc2c(c1)N(CC(=O)N1CCN(c3ccc(F)cc3)CC1)C(=O)CO2. The first-order valence-corrected chi connectivity index (χ1v) is 11.6. The van der Waals surface area contributed by atoms with E-state index in [2.05, 4.69) is 4.90 Å². The molecule has 0 spiro atoms. The van der Waals surface area contributed by atoms with Crippen molar-refractivity contribution in [1.29, 1.82) is 0 Å². The van der Waals surface area contributed by atoms with Gasteiger partial charge in [0.05, 0.1) is 5.69 Å². The van der Waals surface area contributed by atoms with Crippen molar-refractivity contribution in [3.8, 4) is 5.75 Å². The number of carbonyl (C=O) groups excluding carboxylic acids is 3. The van der Waals surface area contributed by atoms with Crippen LogP contribution in [0.2, 0.25) is 0 Å². The lowest BCUT2D eigenvalue weighted by molar-refractivity contribution is -0.132. The number of halogens is 1. The van der Waals surface area contributed by atoms with Crippen LogP contribution in [-0.4, -0.2) is 79.9 Å². The number of rotatable bonds is 6. The van der Waals surface area contributed by atoms with Gasteiger partial charge in [-0.3, -0.25) is 19.3 Å². The summed E-state index contributed by atoms with van der Waals surface area (Å²) in [5.74, 6) is -0.424. The van der Waals surface area contributed by atoms with Crippen molar-refractivity contribution in [1.82, 2.24) is 9.80 Å². The summed E-state index contributed by atoms with van der Waals surface area (Å²) in [4.78, 5) is 45.5. The number of ether oxygens (including phenoxy) is 1. The maximum atomic E-state index is 13.2. The van der Waals surface area contributed by atoms with Crippen molar-refractivity contribution in [3.63, 3.8) is 0 Å². The molecule has 0 radical (unpaired) electrons. The molecule has 0 aliphatic carbocycles. The predicted molar refractivity (Wildman–Crippen MR) is 127 cm³/mol. The van der Waals surface area contributed by atoms with E-state index < -0.39 is 0 Å². The van der Waals surface area contributed by atoms with Crippen molar-refractivity contribution in [2.75, 3.05) is 62.2 Å². The quantitative estimate of drug-likeness (QED) is 0.651. The molecule has 9 heteroatoms. The third kappa shape index (κ3) is 4.83. The van der Waals surface area contributed by atoms with Crippen molar-refractivity contribution in [2.45, 2.75) is 13.8 Å². The summed E-state index contributed by atoms with van der Waals surface area (Å²) in [6, 6.07) is 11.3. The van der Waals surface area contributed by atoms with E-state index in [1.807, 2.05) is 13.8 Å². The van der Waals surface area contributed by atoms with Gasteiger partial charge in [-0.2, -0.15) is 0 Å². The molecule has 0 atom stereocenters. The average molecular weight is 469 g/mol. The molecule has 3 amide bonds. The van der Waals surface area contributed by atoms with Gasteiger partial charge >= 0.3 is 0 Å². The highest BCUT2D eigenvalue weighted by atomic mass is 19.1. The summed E-state index contributed by atoms with van der Waals surface area (Å²) in [5.41, 5.74) is 1.80. The number of amides is 3. The van der Waals surface area contributed by atoms with Gasteiger partial charge in [0.25, 0.3) is 11.8 Å². The van der Waals surface area contributed by atoms with Crippen molar-refractivity contribution in [2.24, 2.45) is 0 Å². The second-order valence-corrected chi connectivity index (χ2v) is 8.27. The maximum absolute atomic E-state index is 13.2. The van der Waals surface area contributed by atoms with Crippen molar-refractivity contribution in [3.05, 3.63) is 53.8 Å². The molecular weight excluding hydrogens is 439 g/mol. The summed E-state index contributed by atoms with van der Waals surface area (Å²) >= 11 is 0. The average Bonchev–Trinajstić information content (AvgIpc) is 2.86. The molecule has 8 nitrogen and oxygen atoms in total. The number of carbonyl (C=O) groups is 3. The van der Waals surface area contributed by atoms with Crippen LogP contribution in [-0.2, 0) is 9.59 Å². The van der Waals surface area contributed by atoms with Crippen LogP contribution >= 0.6 is 0 Å². The molecule has 0 saturated carbocycles. The first-order valence-electron chi connectivity index (χ1n) is 11.6. The highest BCUT2D eigenvalue weighted by molar-refractivity contribution is 6.04. The monoisotopic (exact) mass is 468 g/mol. The van der Waals surface area contributed by atoms with Gasteiger partial charge in [-0.05, 0) is 56.3 Å². The van der Waals surface area contributed by atoms with E-state index in [1.54, 1.807) is 40.1 Å². The number of benzene rings is 2. The van der Waals surface area contributed by atoms with E-state index >= 15 is 0 Å². The van der Waals surface area contributed by atoms with Crippen LogP contribution in [0.25, 0.3) is 0 Å². The van der Waals surface area contributed by atoms with Crippen molar-refractivity contribution < 1.29 is 23.5 Å². The third-order valence-corrected chi connectivity index (χ3v) is 6.32. The topological polar surface area (TPSA) is 73.4 Å².